The Labute approximate surface area is 110 Å². The van der Waals surface area contributed by atoms with E-state index in [-0.39, 0.29) is 11.4 Å². The zero-order chi connectivity index (χ0) is 14.0. The molecule has 0 atom stereocenters. The summed E-state index contributed by atoms with van der Waals surface area (Å²) in [6, 6.07) is 1.90. The molecule has 0 bridgehead atoms. The first-order chi connectivity index (χ1) is 9.10. The third kappa shape index (κ3) is 2.08. The second-order valence-electron chi connectivity index (χ2n) is 4.10. The molecule has 1 aromatic rings. The lowest BCUT2D eigenvalue weighted by molar-refractivity contribution is 0.409. The SMILES string of the molecule is CCn1c(O)c(/C=C2/C=CC=N2)c(C)c(C#N)c1=O. The Balaban J connectivity index is 2.78. The van der Waals surface area contributed by atoms with Gasteiger partial charge in [0.25, 0.3) is 5.56 Å². The second-order valence-corrected chi connectivity index (χ2v) is 4.10. The highest BCUT2D eigenvalue weighted by Crippen LogP contribution is 2.25. The van der Waals surface area contributed by atoms with Gasteiger partial charge in [0.05, 0.1) is 5.70 Å². The highest BCUT2D eigenvalue weighted by Gasteiger charge is 2.17. The standard InChI is InChI=1S/C14H13N3O2/c1-3-17-13(18)11(7-10-5-4-6-16-10)9(2)12(8-15)14(17)19/h4-7,18H,3H2,1-2H3/b10-7-. The molecule has 0 radical (unpaired) electrons. The molecule has 19 heavy (non-hydrogen) atoms. The van der Waals surface area contributed by atoms with Gasteiger partial charge in [-0.25, -0.2) is 0 Å². The van der Waals surface area contributed by atoms with E-state index in [1.165, 1.54) is 4.57 Å². The van der Waals surface area contributed by atoms with Crippen molar-refractivity contribution in [3.63, 3.8) is 0 Å². The van der Waals surface area contributed by atoms with E-state index in [1.807, 2.05) is 6.07 Å². The molecule has 0 aromatic carbocycles. The van der Waals surface area contributed by atoms with Crippen LogP contribution in [0, 0.1) is 18.3 Å². The van der Waals surface area contributed by atoms with E-state index >= 15 is 0 Å². The predicted octanol–water partition coefficient (Wildman–Crippen LogP) is 1.74. The molecule has 1 aliphatic rings. The molecule has 0 amide bonds. The summed E-state index contributed by atoms with van der Waals surface area (Å²) in [6.45, 7) is 3.69. The van der Waals surface area contributed by atoms with Crippen LogP contribution in [0.2, 0.25) is 0 Å². The monoisotopic (exact) mass is 255 g/mol. The zero-order valence-electron chi connectivity index (χ0n) is 10.7. The van der Waals surface area contributed by atoms with Crippen LogP contribution in [0.15, 0.2) is 27.6 Å². The molecule has 0 aliphatic carbocycles. The van der Waals surface area contributed by atoms with Crippen LogP contribution in [0.1, 0.15) is 23.6 Å². The number of hydrogen-bond acceptors (Lipinski definition) is 4. The van der Waals surface area contributed by atoms with Gasteiger partial charge in [-0.2, -0.15) is 5.26 Å². The first-order valence-corrected chi connectivity index (χ1v) is 5.89. The van der Waals surface area contributed by atoms with Crippen molar-refractivity contribution < 1.29 is 5.11 Å². The maximum absolute atomic E-state index is 12.0. The van der Waals surface area contributed by atoms with E-state index in [0.29, 0.717) is 23.4 Å². The largest absolute Gasteiger partial charge is 0.494 e. The molecule has 0 unspecified atom stereocenters. The van der Waals surface area contributed by atoms with E-state index in [4.69, 9.17) is 5.26 Å². The van der Waals surface area contributed by atoms with Crippen molar-refractivity contribution in [3.05, 3.63) is 44.9 Å². The highest BCUT2D eigenvalue weighted by molar-refractivity contribution is 5.80. The van der Waals surface area contributed by atoms with Crippen molar-refractivity contribution in [2.75, 3.05) is 0 Å². The van der Waals surface area contributed by atoms with Gasteiger partial charge >= 0.3 is 0 Å². The van der Waals surface area contributed by atoms with Gasteiger partial charge < -0.3 is 5.11 Å². The van der Waals surface area contributed by atoms with Crippen LogP contribution in [0.5, 0.6) is 5.88 Å². The molecule has 2 rings (SSSR count). The van der Waals surface area contributed by atoms with Crippen LogP contribution in [0.25, 0.3) is 6.08 Å². The minimum absolute atomic E-state index is 0.0532. The van der Waals surface area contributed by atoms with Gasteiger partial charge in [0.1, 0.15) is 11.6 Å². The molecule has 5 heteroatoms. The van der Waals surface area contributed by atoms with Crippen LogP contribution in [0.3, 0.4) is 0 Å². The number of aromatic hydroxyl groups is 1. The van der Waals surface area contributed by atoms with Gasteiger partial charge in [-0.3, -0.25) is 14.4 Å². The Bertz CT molecular complexity index is 702. The van der Waals surface area contributed by atoms with Crippen LogP contribution in [-0.2, 0) is 6.54 Å². The molecule has 0 saturated heterocycles. The topological polar surface area (TPSA) is 78.4 Å². The third-order valence-corrected chi connectivity index (χ3v) is 3.03. The summed E-state index contributed by atoms with van der Waals surface area (Å²) in [5.74, 6) is -0.132. The van der Waals surface area contributed by atoms with Crippen LogP contribution in [-0.4, -0.2) is 15.9 Å². The molecular formula is C14H13N3O2. The fourth-order valence-electron chi connectivity index (χ4n) is 1.98. The number of allylic oxidation sites excluding steroid dienone is 2. The molecule has 2 heterocycles. The number of nitrogens with zero attached hydrogens (tertiary/aromatic N) is 3. The Hall–Kier alpha value is -2.61. The molecule has 5 nitrogen and oxygen atoms in total. The fraction of sp³-hybridized carbons (Fsp3) is 0.214. The van der Waals surface area contributed by atoms with E-state index in [0.717, 1.165) is 0 Å². The summed E-state index contributed by atoms with van der Waals surface area (Å²) < 4.78 is 1.18. The fourth-order valence-corrected chi connectivity index (χ4v) is 1.98. The van der Waals surface area contributed by atoms with Gasteiger partial charge in [0.15, 0.2) is 0 Å². The minimum atomic E-state index is -0.465. The lowest BCUT2D eigenvalue weighted by atomic mass is 10.0. The average Bonchev–Trinajstić information content (AvgIpc) is 2.88. The highest BCUT2D eigenvalue weighted by atomic mass is 16.3. The van der Waals surface area contributed by atoms with Crippen LogP contribution < -0.4 is 5.56 Å². The van der Waals surface area contributed by atoms with Crippen LogP contribution >= 0.6 is 0 Å². The summed E-state index contributed by atoms with van der Waals surface area (Å²) in [4.78, 5) is 16.1. The predicted molar refractivity (Wildman–Crippen MR) is 73.1 cm³/mol. The summed E-state index contributed by atoms with van der Waals surface area (Å²) in [5, 5.41) is 19.2. The molecule has 0 saturated carbocycles. The number of pyridine rings is 1. The van der Waals surface area contributed by atoms with E-state index in [2.05, 4.69) is 4.99 Å². The molecule has 0 spiro atoms. The van der Waals surface area contributed by atoms with E-state index in [9.17, 15) is 9.90 Å². The molecular weight excluding hydrogens is 242 g/mol. The van der Waals surface area contributed by atoms with Crippen molar-refractivity contribution in [2.24, 2.45) is 4.99 Å². The number of rotatable bonds is 2. The normalized spacial score (nSPS) is 15.1. The first-order valence-electron chi connectivity index (χ1n) is 5.89. The summed E-state index contributed by atoms with van der Waals surface area (Å²) in [7, 11) is 0. The van der Waals surface area contributed by atoms with E-state index in [1.54, 1.807) is 38.3 Å². The Morgan fingerprint density at radius 2 is 2.32 bits per heavy atom. The minimum Gasteiger partial charge on any atom is -0.494 e. The van der Waals surface area contributed by atoms with Gasteiger partial charge in [-0.05, 0) is 37.6 Å². The molecule has 1 N–H and O–H groups in total. The van der Waals surface area contributed by atoms with Crippen molar-refractivity contribution >= 4 is 12.3 Å². The number of nitriles is 1. The Morgan fingerprint density at radius 3 is 2.84 bits per heavy atom. The molecule has 0 fully saturated rings. The Morgan fingerprint density at radius 1 is 1.58 bits per heavy atom. The lowest BCUT2D eigenvalue weighted by Crippen LogP contribution is -2.24. The lowest BCUT2D eigenvalue weighted by Gasteiger charge is -2.12. The zero-order valence-corrected chi connectivity index (χ0v) is 10.7. The molecule has 1 aromatic heterocycles. The summed E-state index contributed by atoms with van der Waals surface area (Å²) in [6.07, 6.45) is 6.86. The quantitative estimate of drug-likeness (QED) is 0.874. The van der Waals surface area contributed by atoms with E-state index < -0.39 is 5.56 Å². The van der Waals surface area contributed by atoms with Gasteiger partial charge in [0, 0.05) is 18.3 Å². The second kappa shape index (κ2) is 4.94. The van der Waals surface area contributed by atoms with Gasteiger partial charge in [-0.1, -0.05) is 0 Å². The van der Waals surface area contributed by atoms with Crippen molar-refractivity contribution in [1.29, 1.82) is 5.26 Å². The molecule has 1 aliphatic heterocycles. The van der Waals surface area contributed by atoms with Gasteiger partial charge in [0.2, 0.25) is 5.88 Å². The Kier molecular flexibility index (Phi) is 3.34. The van der Waals surface area contributed by atoms with Crippen LogP contribution in [0.4, 0.5) is 0 Å². The number of aliphatic imine (C=N–C) groups is 1. The number of aromatic nitrogens is 1. The average molecular weight is 255 g/mol. The first kappa shape index (κ1) is 12.8. The summed E-state index contributed by atoms with van der Waals surface area (Å²) >= 11 is 0. The molecule has 96 valence electrons. The van der Waals surface area contributed by atoms with Crippen molar-refractivity contribution in [2.45, 2.75) is 20.4 Å². The maximum atomic E-state index is 12.0. The number of hydrogen-bond donors (Lipinski definition) is 1. The smallest absolute Gasteiger partial charge is 0.271 e. The van der Waals surface area contributed by atoms with Crippen molar-refractivity contribution in [1.82, 2.24) is 4.57 Å². The maximum Gasteiger partial charge on any atom is 0.271 e. The summed E-state index contributed by atoms with van der Waals surface area (Å²) in [5.41, 5.74) is 1.18. The van der Waals surface area contributed by atoms with Gasteiger partial charge in [-0.15, -0.1) is 0 Å². The van der Waals surface area contributed by atoms with Crippen molar-refractivity contribution in [3.8, 4) is 11.9 Å². The third-order valence-electron chi connectivity index (χ3n) is 3.03.